The number of para-hydroxylation sites is 1. The average Bonchev–Trinajstić information content (AvgIpc) is 2.68. The first kappa shape index (κ1) is 17.5. The van der Waals surface area contributed by atoms with Crippen molar-refractivity contribution in [2.75, 3.05) is 44.7 Å². The summed E-state index contributed by atoms with van der Waals surface area (Å²) in [6.45, 7) is 5.99. The smallest absolute Gasteiger partial charge is 0.236 e. The van der Waals surface area contributed by atoms with Crippen LogP contribution < -0.4 is 4.90 Å². The zero-order valence-electron chi connectivity index (χ0n) is 15.1. The molecule has 0 bridgehead atoms. The van der Waals surface area contributed by atoms with Crippen molar-refractivity contribution < 1.29 is 4.79 Å². The molecule has 3 rings (SSSR count). The molecule has 0 N–H and O–H groups in total. The van der Waals surface area contributed by atoms with E-state index in [0.29, 0.717) is 6.54 Å². The van der Waals surface area contributed by atoms with Crippen LogP contribution in [0.2, 0.25) is 0 Å². The van der Waals surface area contributed by atoms with Gasteiger partial charge in [-0.3, -0.25) is 9.69 Å². The summed E-state index contributed by atoms with van der Waals surface area (Å²) in [6, 6.07) is 21.0. The largest absolute Gasteiger partial charge is 0.368 e. The molecular formula is C21H27N3O. The second kappa shape index (κ2) is 8.17. The highest BCUT2D eigenvalue weighted by Gasteiger charge is 2.23. The van der Waals surface area contributed by atoms with E-state index < -0.39 is 0 Å². The Morgan fingerprint density at radius 1 is 0.960 bits per heavy atom. The van der Waals surface area contributed by atoms with Gasteiger partial charge in [0, 0.05) is 37.9 Å². The lowest BCUT2D eigenvalue weighted by Crippen LogP contribution is -2.51. The van der Waals surface area contributed by atoms with Crippen LogP contribution in [0.4, 0.5) is 5.69 Å². The van der Waals surface area contributed by atoms with Gasteiger partial charge in [-0.15, -0.1) is 0 Å². The molecule has 1 heterocycles. The fraction of sp³-hybridized carbons (Fsp3) is 0.381. The van der Waals surface area contributed by atoms with Gasteiger partial charge in [-0.1, -0.05) is 48.5 Å². The molecule has 0 spiro atoms. The van der Waals surface area contributed by atoms with E-state index in [2.05, 4.69) is 53.1 Å². The molecule has 2 aromatic rings. The van der Waals surface area contributed by atoms with Crippen molar-refractivity contribution in [2.24, 2.45) is 0 Å². The van der Waals surface area contributed by atoms with Crippen LogP contribution in [0.15, 0.2) is 60.7 Å². The van der Waals surface area contributed by atoms with E-state index in [9.17, 15) is 4.79 Å². The van der Waals surface area contributed by atoms with E-state index in [1.54, 1.807) is 0 Å². The summed E-state index contributed by atoms with van der Waals surface area (Å²) in [7, 11) is 2.02. The van der Waals surface area contributed by atoms with Crippen molar-refractivity contribution in [1.82, 2.24) is 9.80 Å². The van der Waals surface area contributed by atoms with Crippen LogP contribution in [0.5, 0.6) is 0 Å². The number of likely N-dealkylation sites (N-methyl/N-ethyl adjacent to an activating group) is 1. The van der Waals surface area contributed by atoms with Crippen LogP contribution in [0.25, 0.3) is 0 Å². The third-order valence-electron chi connectivity index (χ3n) is 5.08. The third kappa shape index (κ3) is 4.40. The van der Waals surface area contributed by atoms with Crippen LogP contribution in [-0.4, -0.2) is 55.5 Å². The summed E-state index contributed by atoms with van der Waals surface area (Å²) in [5.74, 6) is 0.220. The molecular weight excluding hydrogens is 310 g/mol. The average molecular weight is 337 g/mol. The molecule has 1 saturated heterocycles. The van der Waals surface area contributed by atoms with Gasteiger partial charge in [0.2, 0.25) is 5.91 Å². The Balaban J connectivity index is 1.51. The van der Waals surface area contributed by atoms with Crippen LogP contribution >= 0.6 is 0 Å². The van der Waals surface area contributed by atoms with Crippen molar-refractivity contribution in [3.05, 3.63) is 66.2 Å². The maximum atomic E-state index is 12.7. The Morgan fingerprint density at radius 2 is 1.52 bits per heavy atom. The van der Waals surface area contributed by atoms with Crippen molar-refractivity contribution >= 4 is 11.6 Å². The van der Waals surface area contributed by atoms with Crippen molar-refractivity contribution in [3.63, 3.8) is 0 Å². The summed E-state index contributed by atoms with van der Waals surface area (Å²) in [6.07, 6.45) is 0. The number of carbonyl (C=O) groups is 1. The molecule has 1 aliphatic heterocycles. The van der Waals surface area contributed by atoms with Gasteiger partial charge in [-0.25, -0.2) is 0 Å². The molecule has 4 nitrogen and oxygen atoms in total. The van der Waals surface area contributed by atoms with E-state index in [0.717, 1.165) is 26.2 Å². The van der Waals surface area contributed by atoms with Gasteiger partial charge in [-0.2, -0.15) is 0 Å². The zero-order valence-corrected chi connectivity index (χ0v) is 15.1. The number of carbonyl (C=O) groups excluding carboxylic acids is 1. The topological polar surface area (TPSA) is 26.8 Å². The SMILES string of the molecule is C[C@@H](c1ccccc1)N(C)CC(=O)N1CCN(c2ccccc2)CC1. The first-order valence-corrected chi connectivity index (χ1v) is 8.98. The lowest BCUT2D eigenvalue weighted by atomic mass is 10.1. The minimum absolute atomic E-state index is 0.220. The molecule has 4 heteroatoms. The van der Waals surface area contributed by atoms with Crippen LogP contribution in [0.3, 0.4) is 0 Å². The molecule has 0 radical (unpaired) electrons. The van der Waals surface area contributed by atoms with E-state index in [1.807, 2.05) is 36.2 Å². The van der Waals surface area contributed by atoms with Gasteiger partial charge in [0.25, 0.3) is 0 Å². The molecule has 0 aromatic heterocycles. The summed E-state index contributed by atoms with van der Waals surface area (Å²) >= 11 is 0. The molecule has 0 unspecified atom stereocenters. The molecule has 25 heavy (non-hydrogen) atoms. The molecule has 2 aromatic carbocycles. The molecule has 1 fully saturated rings. The number of piperazine rings is 1. The Kier molecular flexibility index (Phi) is 5.71. The maximum absolute atomic E-state index is 12.7. The summed E-state index contributed by atoms with van der Waals surface area (Å²) in [4.78, 5) is 19.1. The Bertz CT molecular complexity index is 666. The number of anilines is 1. The predicted octanol–water partition coefficient (Wildman–Crippen LogP) is 3.03. The lowest BCUT2D eigenvalue weighted by molar-refractivity contribution is -0.132. The monoisotopic (exact) mass is 337 g/mol. The fourth-order valence-corrected chi connectivity index (χ4v) is 3.29. The van der Waals surface area contributed by atoms with Gasteiger partial charge >= 0.3 is 0 Å². The Hall–Kier alpha value is -2.33. The van der Waals surface area contributed by atoms with E-state index in [-0.39, 0.29) is 11.9 Å². The molecule has 1 aliphatic rings. The van der Waals surface area contributed by atoms with Crippen LogP contribution in [-0.2, 0) is 4.79 Å². The van der Waals surface area contributed by atoms with E-state index >= 15 is 0 Å². The van der Waals surface area contributed by atoms with Crippen molar-refractivity contribution in [1.29, 1.82) is 0 Å². The molecule has 0 saturated carbocycles. The summed E-state index contributed by atoms with van der Waals surface area (Å²) in [5.41, 5.74) is 2.48. The van der Waals surface area contributed by atoms with Crippen molar-refractivity contribution in [3.8, 4) is 0 Å². The molecule has 0 aliphatic carbocycles. The third-order valence-corrected chi connectivity index (χ3v) is 5.08. The normalized spacial score (nSPS) is 16.1. The number of benzene rings is 2. The van der Waals surface area contributed by atoms with E-state index in [1.165, 1.54) is 11.3 Å². The predicted molar refractivity (Wildman–Crippen MR) is 103 cm³/mol. The minimum atomic E-state index is 0.220. The van der Waals surface area contributed by atoms with Crippen molar-refractivity contribution in [2.45, 2.75) is 13.0 Å². The number of hydrogen-bond donors (Lipinski definition) is 0. The second-order valence-electron chi connectivity index (χ2n) is 6.71. The Morgan fingerprint density at radius 3 is 2.12 bits per heavy atom. The van der Waals surface area contributed by atoms with Gasteiger partial charge < -0.3 is 9.80 Å². The van der Waals surface area contributed by atoms with Gasteiger partial charge in [0.15, 0.2) is 0 Å². The van der Waals surface area contributed by atoms with Crippen LogP contribution in [0, 0.1) is 0 Å². The second-order valence-corrected chi connectivity index (χ2v) is 6.71. The fourth-order valence-electron chi connectivity index (χ4n) is 3.29. The number of rotatable bonds is 5. The van der Waals surface area contributed by atoms with Crippen LogP contribution in [0.1, 0.15) is 18.5 Å². The molecule has 1 atom stereocenters. The van der Waals surface area contributed by atoms with Gasteiger partial charge in [0.1, 0.15) is 0 Å². The number of hydrogen-bond acceptors (Lipinski definition) is 3. The number of amides is 1. The Labute approximate surface area is 150 Å². The first-order valence-electron chi connectivity index (χ1n) is 8.98. The zero-order chi connectivity index (χ0) is 17.6. The first-order chi connectivity index (χ1) is 12.1. The van der Waals surface area contributed by atoms with Gasteiger partial charge in [-0.05, 0) is 31.7 Å². The highest BCUT2D eigenvalue weighted by Crippen LogP contribution is 2.19. The van der Waals surface area contributed by atoms with Gasteiger partial charge in [0.05, 0.1) is 6.54 Å². The summed E-state index contributed by atoms with van der Waals surface area (Å²) in [5, 5.41) is 0. The lowest BCUT2D eigenvalue weighted by Gasteiger charge is -2.37. The maximum Gasteiger partial charge on any atom is 0.236 e. The highest BCUT2D eigenvalue weighted by atomic mass is 16.2. The van der Waals surface area contributed by atoms with E-state index in [4.69, 9.17) is 0 Å². The standard InChI is InChI=1S/C21H27N3O/c1-18(19-9-5-3-6-10-19)22(2)17-21(25)24-15-13-23(14-16-24)20-11-7-4-8-12-20/h3-12,18H,13-17H2,1-2H3/t18-/m0/s1. The minimum Gasteiger partial charge on any atom is -0.368 e. The highest BCUT2D eigenvalue weighted by molar-refractivity contribution is 5.78. The summed E-state index contributed by atoms with van der Waals surface area (Å²) < 4.78 is 0. The molecule has 1 amide bonds. The molecule has 132 valence electrons. The number of nitrogens with zero attached hydrogens (tertiary/aromatic N) is 3. The quantitative estimate of drug-likeness (QED) is 0.839.